The summed E-state index contributed by atoms with van der Waals surface area (Å²) in [5.74, 6) is 12.3. The van der Waals surface area contributed by atoms with Crippen LogP contribution < -0.4 is 0 Å². The lowest BCUT2D eigenvalue weighted by molar-refractivity contribution is 0.632. The average molecular weight is 487 g/mol. The predicted molar refractivity (Wildman–Crippen MR) is 155 cm³/mol. The molecule has 0 fully saturated rings. The van der Waals surface area contributed by atoms with Crippen molar-refractivity contribution in [3.8, 4) is 23.7 Å². The number of benzene rings is 4. The van der Waals surface area contributed by atoms with Crippen molar-refractivity contribution < 1.29 is 4.39 Å². The Morgan fingerprint density at radius 3 is 1.81 bits per heavy atom. The molecule has 0 nitrogen and oxygen atoms in total. The molecule has 0 aliphatic heterocycles. The zero-order chi connectivity index (χ0) is 25.9. The van der Waals surface area contributed by atoms with Gasteiger partial charge in [0.15, 0.2) is 0 Å². The van der Waals surface area contributed by atoms with Crippen LogP contribution in [0.3, 0.4) is 0 Å². The van der Waals surface area contributed by atoms with Crippen molar-refractivity contribution in [2.75, 3.05) is 0 Å². The second kappa shape index (κ2) is 13.5. The second-order valence-corrected chi connectivity index (χ2v) is 9.67. The van der Waals surface area contributed by atoms with E-state index >= 15 is 4.39 Å². The standard InChI is InChI=1S/C36H35F/c1-3-5-6-7-8-10-29-13-17-31(18-14-29)21-23-33-24-25-34-27-32(22-26-35(34)36(33)37)20-19-30-15-11-28(9-4-2)12-16-30/h11-18,22,24-27H,3-10H2,1-2H3. The second-order valence-electron chi connectivity index (χ2n) is 9.67. The lowest BCUT2D eigenvalue weighted by Gasteiger charge is -2.03. The van der Waals surface area contributed by atoms with Gasteiger partial charge in [-0.3, -0.25) is 0 Å². The number of rotatable bonds is 8. The van der Waals surface area contributed by atoms with E-state index in [2.05, 4.69) is 73.9 Å². The summed E-state index contributed by atoms with van der Waals surface area (Å²) < 4.78 is 15.2. The van der Waals surface area contributed by atoms with E-state index in [4.69, 9.17) is 0 Å². The zero-order valence-electron chi connectivity index (χ0n) is 22.0. The fourth-order valence-corrected chi connectivity index (χ4v) is 4.48. The van der Waals surface area contributed by atoms with Crippen LogP contribution in [-0.2, 0) is 12.8 Å². The maximum absolute atomic E-state index is 15.2. The van der Waals surface area contributed by atoms with Crippen molar-refractivity contribution in [2.24, 2.45) is 0 Å². The summed E-state index contributed by atoms with van der Waals surface area (Å²) in [6.45, 7) is 4.42. The molecule has 0 saturated heterocycles. The fraction of sp³-hybridized carbons (Fsp3) is 0.278. The van der Waals surface area contributed by atoms with Crippen molar-refractivity contribution in [2.45, 2.75) is 65.2 Å². The van der Waals surface area contributed by atoms with Crippen LogP contribution in [0.15, 0.2) is 78.9 Å². The molecule has 0 amide bonds. The van der Waals surface area contributed by atoms with Gasteiger partial charge in [-0.15, -0.1) is 0 Å². The lowest BCUT2D eigenvalue weighted by atomic mass is 10.0. The summed E-state index contributed by atoms with van der Waals surface area (Å²) in [5, 5.41) is 1.40. The van der Waals surface area contributed by atoms with Gasteiger partial charge in [0, 0.05) is 22.1 Å². The van der Waals surface area contributed by atoms with Gasteiger partial charge in [-0.2, -0.15) is 0 Å². The van der Waals surface area contributed by atoms with E-state index in [1.807, 2.05) is 30.3 Å². The Morgan fingerprint density at radius 2 is 1.14 bits per heavy atom. The highest BCUT2D eigenvalue weighted by Crippen LogP contribution is 2.22. The molecule has 0 bridgehead atoms. The SMILES string of the molecule is CCCCCCCc1ccc(C#Cc2ccc3cc(C#Cc4ccc(CCC)cc4)ccc3c2F)cc1. The first-order valence-electron chi connectivity index (χ1n) is 13.6. The molecule has 1 heteroatoms. The van der Waals surface area contributed by atoms with Crippen molar-refractivity contribution in [3.63, 3.8) is 0 Å². The zero-order valence-corrected chi connectivity index (χ0v) is 22.0. The first-order chi connectivity index (χ1) is 18.2. The minimum Gasteiger partial charge on any atom is -0.205 e. The number of hydrogen-bond donors (Lipinski definition) is 0. The summed E-state index contributed by atoms with van der Waals surface area (Å²) in [6, 6.07) is 26.1. The average Bonchev–Trinajstić information content (AvgIpc) is 2.93. The predicted octanol–water partition coefficient (Wildman–Crippen LogP) is 9.24. The first kappa shape index (κ1) is 26.3. The van der Waals surface area contributed by atoms with Gasteiger partial charge < -0.3 is 0 Å². The van der Waals surface area contributed by atoms with Crippen molar-refractivity contribution in [1.29, 1.82) is 0 Å². The molecular formula is C36H35F. The Kier molecular flexibility index (Phi) is 9.57. The van der Waals surface area contributed by atoms with Crippen LogP contribution in [0.2, 0.25) is 0 Å². The third kappa shape index (κ3) is 7.59. The van der Waals surface area contributed by atoms with E-state index in [-0.39, 0.29) is 5.82 Å². The van der Waals surface area contributed by atoms with Crippen LogP contribution in [0.4, 0.5) is 4.39 Å². The van der Waals surface area contributed by atoms with E-state index in [0.29, 0.717) is 10.9 Å². The van der Waals surface area contributed by atoms with E-state index in [9.17, 15) is 0 Å². The van der Waals surface area contributed by atoms with Crippen LogP contribution in [0.5, 0.6) is 0 Å². The van der Waals surface area contributed by atoms with E-state index in [0.717, 1.165) is 41.3 Å². The summed E-state index contributed by atoms with van der Waals surface area (Å²) >= 11 is 0. The Morgan fingerprint density at radius 1 is 0.541 bits per heavy atom. The lowest BCUT2D eigenvalue weighted by Crippen LogP contribution is -1.88. The maximum Gasteiger partial charge on any atom is 0.146 e. The molecule has 4 aromatic rings. The third-order valence-electron chi connectivity index (χ3n) is 6.66. The van der Waals surface area contributed by atoms with Crippen LogP contribution >= 0.6 is 0 Å². The number of hydrogen-bond acceptors (Lipinski definition) is 0. The minimum absolute atomic E-state index is 0.278. The fourth-order valence-electron chi connectivity index (χ4n) is 4.48. The number of unbranched alkanes of at least 4 members (excludes halogenated alkanes) is 4. The van der Waals surface area contributed by atoms with Gasteiger partial charge in [-0.1, -0.05) is 106 Å². The van der Waals surface area contributed by atoms with Gasteiger partial charge in [0.05, 0.1) is 5.56 Å². The highest BCUT2D eigenvalue weighted by atomic mass is 19.1. The molecule has 186 valence electrons. The van der Waals surface area contributed by atoms with E-state index in [1.165, 1.54) is 43.2 Å². The monoisotopic (exact) mass is 486 g/mol. The Bertz CT molecular complexity index is 1440. The Hall–Kier alpha value is -3.81. The van der Waals surface area contributed by atoms with Crippen LogP contribution in [0.25, 0.3) is 10.8 Å². The molecule has 0 unspecified atom stereocenters. The van der Waals surface area contributed by atoms with Gasteiger partial charge in [0.25, 0.3) is 0 Å². The quantitative estimate of drug-likeness (QED) is 0.172. The Balaban J connectivity index is 1.43. The highest BCUT2D eigenvalue weighted by molar-refractivity contribution is 5.86. The van der Waals surface area contributed by atoms with E-state index < -0.39 is 0 Å². The van der Waals surface area contributed by atoms with Gasteiger partial charge in [0.1, 0.15) is 5.82 Å². The normalized spacial score (nSPS) is 10.5. The molecule has 4 rings (SSSR count). The smallest absolute Gasteiger partial charge is 0.146 e. The molecule has 0 radical (unpaired) electrons. The molecule has 0 atom stereocenters. The molecule has 4 aromatic carbocycles. The Labute approximate surface area is 222 Å². The molecular weight excluding hydrogens is 451 g/mol. The number of fused-ring (bicyclic) bond motifs is 1. The molecule has 0 aliphatic rings. The third-order valence-corrected chi connectivity index (χ3v) is 6.66. The molecule has 37 heavy (non-hydrogen) atoms. The van der Waals surface area contributed by atoms with Gasteiger partial charge in [-0.05, 0) is 78.2 Å². The molecule has 0 aliphatic carbocycles. The van der Waals surface area contributed by atoms with E-state index in [1.54, 1.807) is 12.1 Å². The van der Waals surface area contributed by atoms with Crippen LogP contribution in [-0.4, -0.2) is 0 Å². The first-order valence-corrected chi connectivity index (χ1v) is 13.6. The summed E-state index contributed by atoms with van der Waals surface area (Å²) in [6.07, 6.45) is 9.76. The van der Waals surface area contributed by atoms with Crippen molar-refractivity contribution in [3.05, 3.63) is 118 Å². The highest BCUT2D eigenvalue weighted by Gasteiger charge is 2.06. The molecule has 0 heterocycles. The van der Waals surface area contributed by atoms with Gasteiger partial charge in [-0.25, -0.2) is 4.39 Å². The summed E-state index contributed by atoms with van der Waals surface area (Å²) in [7, 11) is 0. The molecule has 0 saturated carbocycles. The molecule has 0 aromatic heterocycles. The van der Waals surface area contributed by atoms with Gasteiger partial charge in [0.2, 0.25) is 0 Å². The van der Waals surface area contributed by atoms with Gasteiger partial charge >= 0.3 is 0 Å². The minimum atomic E-state index is -0.278. The van der Waals surface area contributed by atoms with Crippen LogP contribution in [0, 0.1) is 29.5 Å². The van der Waals surface area contributed by atoms with Crippen LogP contribution in [0.1, 0.15) is 85.8 Å². The van der Waals surface area contributed by atoms with Crippen molar-refractivity contribution in [1.82, 2.24) is 0 Å². The number of halogens is 1. The topological polar surface area (TPSA) is 0 Å². The molecule has 0 spiro atoms. The number of aryl methyl sites for hydroxylation is 2. The summed E-state index contributed by atoms with van der Waals surface area (Å²) in [4.78, 5) is 0. The van der Waals surface area contributed by atoms with Crippen molar-refractivity contribution >= 4 is 10.8 Å². The summed E-state index contributed by atoms with van der Waals surface area (Å²) in [5.41, 5.74) is 5.84. The maximum atomic E-state index is 15.2. The largest absolute Gasteiger partial charge is 0.205 e. The molecule has 0 N–H and O–H groups in total.